The van der Waals surface area contributed by atoms with Crippen molar-refractivity contribution in [3.8, 4) is 11.8 Å². The van der Waals surface area contributed by atoms with Crippen LogP contribution in [0, 0.1) is 27.3 Å². The van der Waals surface area contributed by atoms with Crippen molar-refractivity contribution in [1.29, 1.82) is 5.26 Å². The van der Waals surface area contributed by atoms with Crippen LogP contribution in [0.1, 0.15) is 18.3 Å². The van der Waals surface area contributed by atoms with E-state index in [0.29, 0.717) is 12.4 Å². The Labute approximate surface area is 119 Å². The summed E-state index contributed by atoms with van der Waals surface area (Å²) in [4.78, 5) is 14.2. The molecule has 1 heterocycles. The standard InChI is InChI=1S/C13H11FN4O3/c1-2-17-12(16-7-13(17)18(19)20)8-21-11-4-3-9(6-15)5-10(11)14/h3-5,7H,2,8H2,1H3. The van der Waals surface area contributed by atoms with E-state index in [4.69, 9.17) is 10.00 Å². The normalized spacial score (nSPS) is 10.1. The van der Waals surface area contributed by atoms with Crippen LogP contribution in [0.3, 0.4) is 0 Å². The van der Waals surface area contributed by atoms with Crippen molar-refractivity contribution in [2.75, 3.05) is 0 Å². The average Bonchev–Trinajstić information content (AvgIpc) is 2.88. The van der Waals surface area contributed by atoms with Gasteiger partial charge in [0.05, 0.1) is 18.2 Å². The molecule has 0 fully saturated rings. The number of nitro groups is 1. The zero-order chi connectivity index (χ0) is 15.4. The van der Waals surface area contributed by atoms with Crippen molar-refractivity contribution in [1.82, 2.24) is 9.55 Å². The summed E-state index contributed by atoms with van der Waals surface area (Å²) in [6.07, 6.45) is 1.14. The number of hydrogen-bond acceptors (Lipinski definition) is 5. The second-order valence-corrected chi connectivity index (χ2v) is 4.08. The fourth-order valence-corrected chi connectivity index (χ4v) is 1.84. The summed E-state index contributed by atoms with van der Waals surface area (Å²) in [6, 6.07) is 5.63. The molecule has 0 saturated heterocycles. The molecule has 7 nitrogen and oxygen atoms in total. The van der Waals surface area contributed by atoms with Gasteiger partial charge in [-0.15, -0.1) is 0 Å². The first kappa shape index (κ1) is 14.5. The summed E-state index contributed by atoms with van der Waals surface area (Å²) < 4.78 is 20.3. The van der Waals surface area contributed by atoms with Crippen molar-refractivity contribution in [3.63, 3.8) is 0 Å². The molecule has 1 aromatic carbocycles. The number of nitriles is 1. The maximum absolute atomic E-state index is 13.6. The number of nitrogens with zero attached hydrogens (tertiary/aromatic N) is 4. The summed E-state index contributed by atoms with van der Waals surface area (Å²) in [5.74, 6) is -0.523. The van der Waals surface area contributed by atoms with E-state index < -0.39 is 10.7 Å². The van der Waals surface area contributed by atoms with Gasteiger partial charge in [0.15, 0.2) is 18.2 Å². The van der Waals surface area contributed by atoms with Gasteiger partial charge in [-0.2, -0.15) is 5.26 Å². The second-order valence-electron chi connectivity index (χ2n) is 4.08. The van der Waals surface area contributed by atoms with Crippen LogP contribution < -0.4 is 4.74 Å². The van der Waals surface area contributed by atoms with E-state index in [1.54, 1.807) is 6.92 Å². The first-order valence-corrected chi connectivity index (χ1v) is 6.08. The molecule has 0 spiro atoms. The van der Waals surface area contributed by atoms with E-state index in [-0.39, 0.29) is 23.7 Å². The van der Waals surface area contributed by atoms with E-state index >= 15 is 0 Å². The number of benzene rings is 1. The Morgan fingerprint density at radius 2 is 2.33 bits per heavy atom. The predicted octanol–water partition coefficient (Wildman–Crippen LogP) is 2.40. The van der Waals surface area contributed by atoms with Gasteiger partial charge in [-0.05, 0) is 30.0 Å². The Kier molecular flexibility index (Phi) is 4.13. The highest BCUT2D eigenvalue weighted by Gasteiger charge is 2.19. The van der Waals surface area contributed by atoms with Crippen LogP contribution in [-0.4, -0.2) is 14.5 Å². The number of aromatic nitrogens is 2. The monoisotopic (exact) mass is 290 g/mol. The van der Waals surface area contributed by atoms with E-state index in [1.165, 1.54) is 16.7 Å². The molecule has 0 bridgehead atoms. The zero-order valence-corrected chi connectivity index (χ0v) is 11.1. The molecule has 1 aromatic heterocycles. The first-order valence-electron chi connectivity index (χ1n) is 6.08. The summed E-state index contributed by atoms with van der Waals surface area (Å²) >= 11 is 0. The third-order valence-corrected chi connectivity index (χ3v) is 2.84. The SMILES string of the molecule is CCn1c([N+](=O)[O-])cnc1COc1ccc(C#N)cc1F. The highest BCUT2D eigenvalue weighted by Crippen LogP contribution is 2.20. The lowest BCUT2D eigenvalue weighted by atomic mass is 10.2. The Morgan fingerprint density at radius 3 is 2.90 bits per heavy atom. The molecule has 0 aliphatic heterocycles. The molecule has 0 radical (unpaired) electrons. The predicted molar refractivity (Wildman–Crippen MR) is 70.0 cm³/mol. The van der Waals surface area contributed by atoms with Crippen LogP contribution in [0.2, 0.25) is 0 Å². The molecule has 8 heteroatoms. The van der Waals surface area contributed by atoms with Gasteiger partial charge in [0.25, 0.3) is 0 Å². The van der Waals surface area contributed by atoms with E-state index in [1.807, 2.05) is 6.07 Å². The van der Waals surface area contributed by atoms with Crippen LogP contribution in [0.25, 0.3) is 0 Å². The van der Waals surface area contributed by atoms with Crippen LogP contribution >= 0.6 is 0 Å². The maximum Gasteiger partial charge on any atom is 0.342 e. The molecule has 0 unspecified atom stereocenters. The van der Waals surface area contributed by atoms with E-state index in [2.05, 4.69) is 4.98 Å². The Bertz CT molecular complexity index is 721. The third kappa shape index (κ3) is 2.97. The highest BCUT2D eigenvalue weighted by atomic mass is 19.1. The number of halogens is 1. The number of hydrogen-bond donors (Lipinski definition) is 0. The molecule has 0 aliphatic rings. The van der Waals surface area contributed by atoms with Gasteiger partial charge < -0.3 is 14.9 Å². The molecule has 21 heavy (non-hydrogen) atoms. The van der Waals surface area contributed by atoms with Crippen LogP contribution in [0.5, 0.6) is 5.75 Å². The van der Waals surface area contributed by atoms with Gasteiger partial charge in [-0.3, -0.25) is 0 Å². The van der Waals surface area contributed by atoms with Crippen LogP contribution in [-0.2, 0) is 13.2 Å². The largest absolute Gasteiger partial charge is 0.480 e. The molecule has 0 amide bonds. The summed E-state index contributed by atoms with van der Waals surface area (Å²) in [5.41, 5.74) is 0.186. The fourth-order valence-electron chi connectivity index (χ4n) is 1.84. The molecule has 0 N–H and O–H groups in total. The van der Waals surface area contributed by atoms with Gasteiger partial charge in [0.2, 0.25) is 5.82 Å². The molecular weight excluding hydrogens is 279 g/mol. The lowest BCUT2D eigenvalue weighted by Crippen LogP contribution is -2.09. The van der Waals surface area contributed by atoms with E-state index in [0.717, 1.165) is 12.3 Å². The number of ether oxygens (including phenoxy) is 1. The number of rotatable bonds is 5. The molecule has 0 saturated carbocycles. The van der Waals surface area contributed by atoms with Gasteiger partial charge in [0, 0.05) is 0 Å². The van der Waals surface area contributed by atoms with Crippen molar-refractivity contribution < 1.29 is 14.1 Å². The minimum Gasteiger partial charge on any atom is -0.480 e. The first-order chi connectivity index (χ1) is 10.1. The quantitative estimate of drug-likeness (QED) is 0.622. The third-order valence-electron chi connectivity index (χ3n) is 2.84. The minimum absolute atomic E-state index is 0.0395. The molecule has 0 atom stereocenters. The second kappa shape index (κ2) is 6.00. The molecular formula is C13H11FN4O3. The minimum atomic E-state index is -0.668. The molecule has 108 valence electrons. The number of imidazole rings is 1. The summed E-state index contributed by atoms with van der Waals surface area (Å²) in [6.45, 7) is 1.98. The van der Waals surface area contributed by atoms with E-state index in [9.17, 15) is 14.5 Å². The average molecular weight is 290 g/mol. The zero-order valence-electron chi connectivity index (χ0n) is 11.1. The lowest BCUT2D eigenvalue weighted by molar-refractivity contribution is -0.392. The Hall–Kier alpha value is -2.95. The molecule has 2 aromatic rings. The van der Waals surface area contributed by atoms with Gasteiger partial charge in [-0.25, -0.2) is 13.9 Å². The van der Waals surface area contributed by atoms with Crippen LogP contribution in [0.15, 0.2) is 24.4 Å². The Morgan fingerprint density at radius 1 is 1.57 bits per heavy atom. The van der Waals surface area contributed by atoms with Gasteiger partial charge >= 0.3 is 5.82 Å². The van der Waals surface area contributed by atoms with Crippen molar-refractivity contribution >= 4 is 5.82 Å². The highest BCUT2D eigenvalue weighted by molar-refractivity contribution is 5.36. The summed E-state index contributed by atoms with van der Waals surface area (Å²) in [5, 5.41) is 19.5. The molecule has 0 aliphatic carbocycles. The smallest absolute Gasteiger partial charge is 0.342 e. The fraction of sp³-hybridized carbons (Fsp3) is 0.231. The summed E-state index contributed by atoms with van der Waals surface area (Å²) in [7, 11) is 0. The lowest BCUT2D eigenvalue weighted by Gasteiger charge is -2.06. The van der Waals surface area contributed by atoms with Crippen molar-refractivity contribution in [2.24, 2.45) is 0 Å². The maximum atomic E-state index is 13.6. The van der Waals surface area contributed by atoms with Crippen LogP contribution in [0.4, 0.5) is 10.2 Å². The molecule has 2 rings (SSSR count). The van der Waals surface area contributed by atoms with Crippen molar-refractivity contribution in [3.05, 3.63) is 51.7 Å². The van der Waals surface area contributed by atoms with Gasteiger partial charge in [-0.1, -0.05) is 0 Å². The van der Waals surface area contributed by atoms with Crippen molar-refractivity contribution in [2.45, 2.75) is 20.1 Å². The van der Waals surface area contributed by atoms with Gasteiger partial charge in [0.1, 0.15) is 6.20 Å². The topological polar surface area (TPSA) is 94.0 Å². The Balaban J connectivity index is 2.17.